The zero-order chi connectivity index (χ0) is 23.4. The summed E-state index contributed by atoms with van der Waals surface area (Å²) < 4.78 is 26.3. The zero-order valence-electron chi connectivity index (χ0n) is 17.1. The Morgan fingerprint density at radius 3 is 2.38 bits per heavy atom. The van der Waals surface area contributed by atoms with Crippen LogP contribution < -0.4 is 21.9 Å². The number of aryl methyl sites for hydroxylation is 2. The number of hydrogen-bond acceptors (Lipinski definition) is 6. The lowest BCUT2D eigenvalue weighted by Crippen LogP contribution is -2.23. The number of nitrogens with zero attached hydrogens (tertiary/aromatic N) is 1. The molecule has 0 aliphatic rings. The summed E-state index contributed by atoms with van der Waals surface area (Å²) in [4.78, 5) is 43.1. The van der Waals surface area contributed by atoms with Gasteiger partial charge in [0.25, 0.3) is 11.5 Å². The summed E-state index contributed by atoms with van der Waals surface area (Å²) in [6.45, 7) is 3.84. The fraction of sp³-hybridized carbons (Fsp3) is 0.143. The molecule has 0 saturated carbocycles. The van der Waals surface area contributed by atoms with Crippen LogP contribution in [0.2, 0.25) is 0 Å². The van der Waals surface area contributed by atoms with E-state index in [-0.39, 0.29) is 33.9 Å². The molecule has 3 aromatic rings. The Morgan fingerprint density at radius 2 is 1.75 bits per heavy atom. The summed E-state index contributed by atoms with van der Waals surface area (Å²) in [6.07, 6.45) is 0. The van der Waals surface area contributed by atoms with Crippen molar-refractivity contribution in [3.05, 3.63) is 75.1 Å². The third-order valence-electron chi connectivity index (χ3n) is 4.19. The van der Waals surface area contributed by atoms with Crippen LogP contribution in [-0.2, 0) is 4.79 Å². The highest BCUT2D eigenvalue weighted by atomic mass is 32.2. The van der Waals surface area contributed by atoms with Crippen LogP contribution in [-0.4, -0.2) is 27.5 Å². The molecule has 0 unspecified atom stereocenters. The molecule has 5 N–H and O–H groups in total. The van der Waals surface area contributed by atoms with Crippen LogP contribution in [0.4, 0.5) is 26.0 Å². The zero-order valence-corrected chi connectivity index (χ0v) is 17.9. The molecule has 0 aliphatic carbocycles. The summed E-state index contributed by atoms with van der Waals surface area (Å²) in [5.74, 6) is -3.82. The minimum absolute atomic E-state index is 0.0457. The highest BCUT2D eigenvalue weighted by Gasteiger charge is 2.16. The van der Waals surface area contributed by atoms with Crippen LogP contribution in [0.25, 0.3) is 0 Å². The molecule has 3 rings (SSSR count). The standard InChI is InChI=1S/C21H19F2N5O3S/c1-10-5-11(2)7-13(6-10)25-16(29)9-32-21-27-18(24)17(20(31)28-21)26-19(30)12-3-4-14(22)15(23)8-12/h3-8H,9H2,1-2H3,(H,25,29)(H,26,30)(H3,24,27,28,31). The Kier molecular flexibility index (Phi) is 6.89. The Morgan fingerprint density at radius 1 is 1.06 bits per heavy atom. The minimum Gasteiger partial charge on any atom is -0.382 e. The molecule has 0 bridgehead atoms. The van der Waals surface area contributed by atoms with Gasteiger partial charge in [-0.2, -0.15) is 0 Å². The molecule has 0 saturated heterocycles. The molecule has 0 spiro atoms. The molecule has 8 nitrogen and oxygen atoms in total. The van der Waals surface area contributed by atoms with Gasteiger partial charge in [-0.3, -0.25) is 19.4 Å². The Hall–Kier alpha value is -3.73. The van der Waals surface area contributed by atoms with Gasteiger partial charge >= 0.3 is 0 Å². The van der Waals surface area contributed by atoms with Gasteiger partial charge in [0.05, 0.1) is 5.75 Å². The first-order chi connectivity index (χ1) is 15.1. The number of nitrogen functional groups attached to an aromatic ring is 1. The molecule has 11 heteroatoms. The van der Waals surface area contributed by atoms with E-state index in [0.717, 1.165) is 35.0 Å². The second kappa shape index (κ2) is 9.60. The molecule has 1 heterocycles. The highest BCUT2D eigenvalue weighted by Crippen LogP contribution is 2.19. The number of carbonyl (C=O) groups excluding carboxylic acids is 2. The molecular formula is C21H19F2N5O3S. The first kappa shape index (κ1) is 22.9. The largest absolute Gasteiger partial charge is 0.382 e. The maximum Gasteiger partial charge on any atom is 0.277 e. The van der Waals surface area contributed by atoms with Gasteiger partial charge in [-0.05, 0) is 55.3 Å². The van der Waals surface area contributed by atoms with Crippen LogP contribution in [0.1, 0.15) is 21.5 Å². The lowest BCUT2D eigenvalue weighted by molar-refractivity contribution is -0.113. The van der Waals surface area contributed by atoms with E-state index in [0.29, 0.717) is 11.8 Å². The molecule has 1 aromatic heterocycles. The van der Waals surface area contributed by atoms with Gasteiger partial charge in [-0.25, -0.2) is 13.8 Å². The summed E-state index contributed by atoms with van der Waals surface area (Å²) in [7, 11) is 0. The number of thioether (sulfide) groups is 1. The number of halogens is 2. The number of nitrogens with two attached hydrogens (primary N) is 1. The van der Waals surface area contributed by atoms with Gasteiger partial charge in [0.2, 0.25) is 5.91 Å². The third-order valence-corrected chi connectivity index (χ3v) is 5.06. The topological polar surface area (TPSA) is 130 Å². The normalized spacial score (nSPS) is 10.6. The van der Waals surface area contributed by atoms with E-state index >= 15 is 0 Å². The van der Waals surface area contributed by atoms with Crippen molar-refractivity contribution in [2.75, 3.05) is 22.1 Å². The number of nitrogens with one attached hydrogen (secondary N) is 3. The van der Waals surface area contributed by atoms with E-state index < -0.39 is 23.1 Å². The molecule has 166 valence electrons. The van der Waals surface area contributed by atoms with Gasteiger partial charge in [0.15, 0.2) is 22.6 Å². The van der Waals surface area contributed by atoms with Crippen molar-refractivity contribution in [3.8, 4) is 0 Å². The number of H-pyrrole nitrogens is 1. The molecule has 0 fully saturated rings. The van der Waals surface area contributed by atoms with Crippen molar-refractivity contribution in [2.24, 2.45) is 0 Å². The Bertz CT molecular complexity index is 1240. The van der Waals surface area contributed by atoms with Crippen molar-refractivity contribution < 1.29 is 18.4 Å². The van der Waals surface area contributed by atoms with Crippen molar-refractivity contribution in [1.82, 2.24) is 9.97 Å². The number of benzene rings is 2. The van der Waals surface area contributed by atoms with E-state index in [9.17, 15) is 23.2 Å². The Labute approximate surface area is 185 Å². The molecular weight excluding hydrogens is 440 g/mol. The average Bonchev–Trinajstić information content (AvgIpc) is 2.70. The summed E-state index contributed by atoms with van der Waals surface area (Å²) in [5.41, 5.74) is 7.14. The fourth-order valence-electron chi connectivity index (χ4n) is 2.86. The number of amides is 2. The van der Waals surface area contributed by atoms with Gasteiger partial charge < -0.3 is 16.4 Å². The second-order valence-corrected chi connectivity index (χ2v) is 7.89. The van der Waals surface area contributed by atoms with Crippen molar-refractivity contribution in [2.45, 2.75) is 19.0 Å². The third kappa shape index (κ3) is 5.70. The van der Waals surface area contributed by atoms with Crippen molar-refractivity contribution in [3.63, 3.8) is 0 Å². The van der Waals surface area contributed by atoms with Crippen molar-refractivity contribution >= 4 is 40.8 Å². The maximum atomic E-state index is 13.3. The van der Waals surface area contributed by atoms with Crippen LogP contribution in [0.5, 0.6) is 0 Å². The molecule has 2 amide bonds. The van der Waals surface area contributed by atoms with Gasteiger partial charge in [-0.1, -0.05) is 17.8 Å². The smallest absolute Gasteiger partial charge is 0.277 e. The maximum absolute atomic E-state index is 13.3. The fourth-order valence-corrected chi connectivity index (χ4v) is 3.53. The predicted molar refractivity (Wildman–Crippen MR) is 119 cm³/mol. The van der Waals surface area contributed by atoms with Crippen molar-refractivity contribution in [1.29, 1.82) is 0 Å². The monoisotopic (exact) mass is 459 g/mol. The van der Waals surface area contributed by atoms with E-state index in [1.165, 1.54) is 0 Å². The molecule has 0 radical (unpaired) electrons. The average molecular weight is 459 g/mol. The van der Waals surface area contributed by atoms with E-state index in [1.54, 1.807) is 0 Å². The van der Waals surface area contributed by atoms with Crippen LogP contribution in [0.3, 0.4) is 0 Å². The van der Waals surface area contributed by atoms with Crippen LogP contribution in [0.15, 0.2) is 46.3 Å². The second-order valence-electron chi connectivity index (χ2n) is 6.93. The molecule has 0 atom stereocenters. The van der Waals surface area contributed by atoms with E-state index in [4.69, 9.17) is 5.73 Å². The molecule has 32 heavy (non-hydrogen) atoms. The summed E-state index contributed by atoms with van der Waals surface area (Å²) in [6, 6.07) is 8.19. The van der Waals surface area contributed by atoms with Gasteiger partial charge in [-0.15, -0.1) is 0 Å². The first-order valence-electron chi connectivity index (χ1n) is 9.29. The number of anilines is 3. The number of carbonyl (C=O) groups is 2. The minimum atomic E-state index is -1.21. The molecule has 0 aliphatic heterocycles. The lowest BCUT2D eigenvalue weighted by Gasteiger charge is -2.09. The highest BCUT2D eigenvalue weighted by molar-refractivity contribution is 7.99. The van der Waals surface area contributed by atoms with E-state index in [1.807, 2.05) is 32.0 Å². The number of hydrogen-bond donors (Lipinski definition) is 4. The summed E-state index contributed by atoms with van der Waals surface area (Å²) in [5, 5.41) is 5.07. The van der Waals surface area contributed by atoms with Crippen LogP contribution in [0, 0.1) is 25.5 Å². The Balaban J connectivity index is 1.66. The van der Waals surface area contributed by atoms with Crippen LogP contribution >= 0.6 is 11.8 Å². The number of aromatic nitrogens is 2. The lowest BCUT2D eigenvalue weighted by atomic mass is 10.1. The number of rotatable bonds is 6. The quantitative estimate of drug-likeness (QED) is 0.331. The van der Waals surface area contributed by atoms with Gasteiger partial charge in [0.1, 0.15) is 5.69 Å². The SMILES string of the molecule is Cc1cc(C)cc(NC(=O)CSc2nc(N)c(NC(=O)c3ccc(F)c(F)c3)c(=O)[nH]2)c1. The summed E-state index contributed by atoms with van der Waals surface area (Å²) >= 11 is 0.949. The first-order valence-corrected chi connectivity index (χ1v) is 10.3. The predicted octanol–water partition coefficient (Wildman–Crippen LogP) is 3.23. The number of aromatic amines is 1. The van der Waals surface area contributed by atoms with E-state index in [2.05, 4.69) is 20.6 Å². The van der Waals surface area contributed by atoms with Gasteiger partial charge in [0, 0.05) is 11.3 Å². The molecule has 2 aromatic carbocycles.